The topological polar surface area (TPSA) is 31.4 Å². The average molecular weight is 207 g/mol. The van der Waals surface area contributed by atoms with Gasteiger partial charge in [0.15, 0.2) is 5.79 Å². The molecule has 2 heterocycles. The number of aryl methyl sites for hydroxylation is 1. The molecule has 0 saturated carbocycles. The van der Waals surface area contributed by atoms with Gasteiger partial charge in [-0.3, -0.25) is 4.98 Å². The zero-order chi connectivity index (χ0) is 10.7. The first kappa shape index (κ1) is 10.6. The van der Waals surface area contributed by atoms with Gasteiger partial charge in [-0.25, -0.2) is 0 Å². The van der Waals surface area contributed by atoms with E-state index in [-0.39, 0.29) is 6.10 Å². The molecule has 1 saturated heterocycles. The molecule has 0 unspecified atom stereocenters. The van der Waals surface area contributed by atoms with Crippen molar-refractivity contribution < 1.29 is 9.47 Å². The van der Waals surface area contributed by atoms with E-state index in [4.69, 9.17) is 9.47 Å². The Hall–Kier alpha value is -0.930. The Kier molecular flexibility index (Phi) is 3.03. The molecule has 3 heteroatoms. The largest absolute Gasteiger partial charge is 0.348 e. The highest BCUT2D eigenvalue weighted by Gasteiger charge is 2.32. The van der Waals surface area contributed by atoms with Gasteiger partial charge in [-0.15, -0.1) is 0 Å². The molecule has 0 amide bonds. The molecule has 0 bridgehead atoms. The minimum atomic E-state index is -0.403. The third-order valence-corrected chi connectivity index (χ3v) is 2.55. The van der Waals surface area contributed by atoms with Crippen molar-refractivity contribution >= 4 is 0 Å². The Balaban J connectivity index is 1.80. The molecule has 2 rings (SSSR count). The van der Waals surface area contributed by atoms with Gasteiger partial charge in [-0.05, 0) is 38.3 Å². The molecule has 1 atom stereocenters. The highest BCUT2D eigenvalue weighted by molar-refractivity contribution is 5.08. The summed E-state index contributed by atoms with van der Waals surface area (Å²) < 4.78 is 11.2. The van der Waals surface area contributed by atoms with Gasteiger partial charge in [0.2, 0.25) is 0 Å². The Morgan fingerprint density at radius 1 is 1.53 bits per heavy atom. The fourth-order valence-electron chi connectivity index (χ4n) is 1.78. The molecule has 1 fully saturated rings. The Morgan fingerprint density at radius 3 is 3.00 bits per heavy atom. The van der Waals surface area contributed by atoms with Crippen LogP contribution in [0.25, 0.3) is 0 Å². The van der Waals surface area contributed by atoms with E-state index in [1.54, 1.807) is 6.20 Å². The Morgan fingerprint density at radius 2 is 2.40 bits per heavy atom. The molecule has 1 aliphatic rings. The van der Waals surface area contributed by atoms with E-state index in [2.05, 4.69) is 11.1 Å². The summed E-state index contributed by atoms with van der Waals surface area (Å²) >= 11 is 0. The van der Waals surface area contributed by atoms with Gasteiger partial charge in [-0.1, -0.05) is 6.07 Å². The zero-order valence-electron chi connectivity index (χ0n) is 9.27. The monoisotopic (exact) mass is 207 g/mol. The lowest BCUT2D eigenvalue weighted by Gasteiger charge is -2.16. The summed E-state index contributed by atoms with van der Waals surface area (Å²) in [4.78, 5) is 4.09. The van der Waals surface area contributed by atoms with Gasteiger partial charge in [0.05, 0.1) is 12.7 Å². The highest BCUT2D eigenvalue weighted by atomic mass is 16.7. The molecule has 15 heavy (non-hydrogen) atoms. The predicted molar refractivity (Wildman–Crippen MR) is 57.5 cm³/mol. The van der Waals surface area contributed by atoms with Gasteiger partial charge in [-0.2, -0.15) is 0 Å². The molecule has 3 nitrogen and oxygen atoms in total. The van der Waals surface area contributed by atoms with Crippen molar-refractivity contribution in [2.24, 2.45) is 0 Å². The van der Waals surface area contributed by atoms with Crippen molar-refractivity contribution in [2.75, 3.05) is 6.61 Å². The van der Waals surface area contributed by atoms with Crippen molar-refractivity contribution in [1.82, 2.24) is 4.98 Å². The van der Waals surface area contributed by atoms with Gasteiger partial charge in [0.1, 0.15) is 0 Å². The second kappa shape index (κ2) is 4.29. The third kappa shape index (κ3) is 3.01. The number of ether oxygens (including phenoxy) is 2. The Bertz CT molecular complexity index is 311. The number of nitrogens with zero attached hydrogens (tertiary/aromatic N) is 1. The van der Waals surface area contributed by atoms with E-state index in [0.717, 1.165) is 12.8 Å². The molecule has 0 N–H and O–H groups in total. The molecule has 0 aromatic carbocycles. The lowest BCUT2D eigenvalue weighted by atomic mass is 10.1. The third-order valence-electron chi connectivity index (χ3n) is 2.55. The summed E-state index contributed by atoms with van der Waals surface area (Å²) in [5, 5.41) is 0. The number of hydrogen-bond donors (Lipinski definition) is 0. The van der Waals surface area contributed by atoms with Crippen LogP contribution in [-0.2, 0) is 15.9 Å². The summed E-state index contributed by atoms with van der Waals surface area (Å²) in [6.07, 6.45) is 5.91. The van der Waals surface area contributed by atoms with Crippen molar-refractivity contribution in [3.8, 4) is 0 Å². The molecular weight excluding hydrogens is 190 g/mol. The van der Waals surface area contributed by atoms with E-state index in [0.29, 0.717) is 6.61 Å². The molecular formula is C12H17NO2. The average Bonchev–Trinajstić information content (AvgIpc) is 2.57. The van der Waals surface area contributed by atoms with E-state index < -0.39 is 5.79 Å². The number of hydrogen-bond acceptors (Lipinski definition) is 3. The highest BCUT2D eigenvalue weighted by Crippen LogP contribution is 2.24. The first-order valence-corrected chi connectivity index (χ1v) is 5.36. The quantitative estimate of drug-likeness (QED) is 0.761. The lowest BCUT2D eigenvalue weighted by Crippen LogP contribution is -2.21. The van der Waals surface area contributed by atoms with Crippen LogP contribution in [0.3, 0.4) is 0 Å². The first-order valence-electron chi connectivity index (χ1n) is 5.36. The fraction of sp³-hybridized carbons (Fsp3) is 0.583. The molecule has 1 aromatic rings. The Labute approximate surface area is 90.4 Å². The van der Waals surface area contributed by atoms with Crippen molar-refractivity contribution in [1.29, 1.82) is 0 Å². The first-order chi connectivity index (χ1) is 7.16. The molecule has 0 spiro atoms. The van der Waals surface area contributed by atoms with Crippen LogP contribution in [-0.4, -0.2) is 23.5 Å². The normalized spacial score (nSPS) is 24.3. The maximum atomic E-state index is 5.73. The van der Waals surface area contributed by atoms with Crippen LogP contribution in [0.15, 0.2) is 24.5 Å². The van der Waals surface area contributed by atoms with Crippen LogP contribution in [0.5, 0.6) is 0 Å². The van der Waals surface area contributed by atoms with Gasteiger partial charge in [0, 0.05) is 12.4 Å². The van der Waals surface area contributed by atoms with E-state index in [1.165, 1.54) is 5.56 Å². The second-order valence-electron chi connectivity index (χ2n) is 4.35. The van der Waals surface area contributed by atoms with E-state index >= 15 is 0 Å². The van der Waals surface area contributed by atoms with Crippen LogP contribution in [0, 0.1) is 0 Å². The minimum absolute atomic E-state index is 0.222. The summed E-state index contributed by atoms with van der Waals surface area (Å²) in [6.45, 7) is 4.61. The summed E-state index contributed by atoms with van der Waals surface area (Å²) in [5.74, 6) is -0.403. The number of pyridine rings is 1. The van der Waals surface area contributed by atoms with E-state index in [9.17, 15) is 0 Å². The maximum absolute atomic E-state index is 5.73. The van der Waals surface area contributed by atoms with Crippen LogP contribution < -0.4 is 0 Å². The van der Waals surface area contributed by atoms with Crippen LogP contribution in [0.2, 0.25) is 0 Å². The van der Waals surface area contributed by atoms with E-state index in [1.807, 2.05) is 26.1 Å². The maximum Gasteiger partial charge on any atom is 0.163 e. The second-order valence-corrected chi connectivity index (χ2v) is 4.35. The van der Waals surface area contributed by atoms with Crippen LogP contribution in [0.1, 0.15) is 25.8 Å². The van der Waals surface area contributed by atoms with Crippen LogP contribution >= 0.6 is 0 Å². The summed E-state index contributed by atoms with van der Waals surface area (Å²) in [5.41, 5.74) is 1.26. The number of aromatic nitrogens is 1. The molecule has 0 radical (unpaired) electrons. The summed E-state index contributed by atoms with van der Waals surface area (Å²) in [7, 11) is 0. The zero-order valence-corrected chi connectivity index (χ0v) is 9.27. The fourth-order valence-corrected chi connectivity index (χ4v) is 1.78. The minimum Gasteiger partial charge on any atom is -0.348 e. The standard InChI is InChI=1S/C12H17NO2/c1-12(2)14-9-11(15-12)6-5-10-4-3-7-13-8-10/h3-4,7-8,11H,5-6,9H2,1-2H3/t11-/m0/s1. The predicted octanol–water partition coefficient (Wildman–Crippen LogP) is 2.17. The number of rotatable bonds is 3. The van der Waals surface area contributed by atoms with Gasteiger partial charge in [0.25, 0.3) is 0 Å². The van der Waals surface area contributed by atoms with Gasteiger partial charge >= 0.3 is 0 Å². The van der Waals surface area contributed by atoms with Crippen molar-refractivity contribution in [3.05, 3.63) is 30.1 Å². The summed E-state index contributed by atoms with van der Waals surface area (Å²) in [6, 6.07) is 4.05. The smallest absolute Gasteiger partial charge is 0.163 e. The van der Waals surface area contributed by atoms with Crippen molar-refractivity contribution in [3.63, 3.8) is 0 Å². The lowest BCUT2D eigenvalue weighted by molar-refractivity contribution is -0.138. The van der Waals surface area contributed by atoms with Crippen molar-refractivity contribution in [2.45, 2.75) is 38.6 Å². The molecule has 0 aliphatic carbocycles. The molecule has 82 valence electrons. The molecule has 1 aromatic heterocycles. The van der Waals surface area contributed by atoms with Gasteiger partial charge < -0.3 is 9.47 Å². The SMILES string of the molecule is CC1(C)OC[C@H](CCc2cccnc2)O1. The van der Waals surface area contributed by atoms with Crippen LogP contribution in [0.4, 0.5) is 0 Å². The molecule has 1 aliphatic heterocycles.